The van der Waals surface area contributed by atoms with Gasteiger partial charge in [0.15, 0.2) is 5.57 Å². The number of hydrogen-bond donors (Lipinski definition) is 2. The van der Waals surface area contributed by atoms with E-state index in [1.807, 2.05) is 0 Å². The predicted octanol–water partition coefficient (Wildman–Crippen LogP) is 2.80. The van der Waals surface area contributed by atoms with Gasteiger partial charge in [0.2, 0.25) is 0 Å². The molecule has 0 radical (unpaired) electrons. The Balaban J connectivity index is 2.83. The number of alkyl halides is 3. The monoisotopic (exact) mass is 327 g/mol. The molecule has 0 bridgehead atoms. The Kier molecular flexibility index (Phi) is 6.14. The number of ether oxygens (including phenoxy) is 1. The number of carbonyl (C=O) groups excluding carboxylic acids is 2. The lowest BCUT2D eigenvalue weighted by Gasteiger charge is -2.08. The van der Waals surface area contributed by atoms with Crippen LogP contribution in [-0.4, -0.2) is 18.6 Å². The van der Waals surface area contributed by atoms with E-state index in [2.05, 4.69) is 15.4 Å². The fraction of sp³-hybridized carbons (Fsp3) is 0.214. The first-order valence-corrected chi connectivity index (χ1v) is 6.32. The summed E-state index contributed by atoms with van der Waals surface area (Å²) in [7, 11) is 0. The van der Waals surface area contributed by atoms with Crippen LogP contribution in [0.5, 0.6) is 0 Å². The molecular weight excluding hydrogens is 315 g/mol. The number of amides is 1. The van der Waals surface area contributed by atoms with Gasteiger partial charge in [0.1, 0.15) is 6.07 Å². The maximum Gasteiger partial charge on any atom is 0.416 e. The maximum atomic E-state index is 12.6. The van der Waals surface area contributed by atoms with Crippen molar-refractivity contribution in [2.45, 2.75) is 13.1 Å². The minimum atomic E-state index is -4.52. The number of halogens is 3. The standard InChI is InChI=1S/C14H12F3N3O3/c1-2-19-13(22)23-12(21)9(7-18)8-20-11-5-3-4-10(6-11)14(15,16)17/h3-6,8,20H,2H2,1H3,(H,19,22). The number of rotatable bonds is 4. The van der Waals surface area contributed by atoms with Crippen molar-refractivity contribution >= 4 is 17.7 Å². The Morgan fingerprint density at radius 2 is 2.09 bits per heavy atom. The highest BCUT2D eigenvalue weighted by Gasteiger charge is 2.30. The average molecular weight is 327 g/mol. The first kappa shape index (κ1) is 18.0. The van der Waals surface area contributed by atoms with Gasteiger partial charge in [-0.1, -0.05) is 6.07 Å². The summed E-state index contributed by atoms with van der Waals surface area (Å²) in [5.74, 6) is -1.22. The second-order valence-electron chi connectivity index (χ2n) is 4.10. The van der Waals surface area contributed by atoms with E-state index in [1.54, 1.807) is 6.92 Å². The van der Waals surface area contributed by atoms with Crippen molar-refractivity contribution in [3.63, 3.8) is 0 Å². The molecule has 0 saturated carbocycles. The number of benzene rings is 1. The van der Waals surface area contributed by atoms with Crippen molar-refractivity contribution in [3.05, 3.63) is 41.6 Å². The summed E-state index contributed by atoms with van der Waals surface area (Å²) in [6, 6.07) is 5.65. The molecule has 0 spiro atoms. The lowest BCUT2D eigenvalue weighted by atomic mass is 10.2. The van der Waals surface area contributed by atoms with Crippen LogP contribution in [0.2, 0.25) is 0 Å². The molecule has 0 aliphatic carbocycles. The SMILES string of the molecule is CCNC(=O)OC(=O)C(C#N)=CNc1cccc(C(F)(F)F)c1. The van der Waals surface area contributed by atoms with Gasteiger partial charge in [0.25, 0.3) is 0 Å². The van der Waals surface area contributed by atoms with E-state index in [0.717, 1.165) is 24.4 Å². The maximum absolute atomic E-state index is 12.6. The number of anilines is 1. The largest absolute Gasteiger partial charge is 0.416 e. The lowest BCUT2D eigenvalue weighted by molar-refractivity contribution is -0.137. The fourth-order valence-corrected chi connectivity index (χ4v) is 1.40. The van der Waals surface area contributed by atoms with Gasteiger partial charge in [-0.15, -0.1) is 0 Å². The summed E-state index contributed by atoms with van der Waals surface area (Å²) in [4.78, 5) is 22.6. The van der Waals surface area contributed by atoms with Gasteiger partial charge in [-0.05, 0) is 25.1 Å². The molecule has 122 valence electrons. The second kappa shape index (κ2) is 7.84. The van der Waals surface area contributed by atoms with Gasteiger partial charge in [-0.2, -0.15) is 18.4 Å². The Labute approximate surface area is 129 Å². The number of nitrogens with one attached hydrogen (secondary N) is 2. The predicted molar refractivity (Wildman–Crippen MR) is 73.9 cm³/mol. The fourth-order valence-electron chi connectivity index (χ4n) is 1.40. The molecule has 0 heterocycles. The molecule has 1 aromatic rings. The molecular formula is C14H12F3N3O3. The first-order valence-electron chi connectivity index (χ1n) is 6.32. The van der Waals surface area contributed by atoms with Gasteiger partial charge in [0, 0.05) is 18.4 Å². The summed E-state index contributed by atoms with van der Waals surface area (Å²) in [5, 5.41) is 13.4. The van der Waals surface area contributed by atoms with Crippen LogP contribution in [0.3, 0.4) is 0 Å². The van der Waals surface area contributed by atoms with Crippen LogP contribution >= 0.6 is 0 Å². The van der Waals surface area contributed by atoms with Gasteiger partial charge < -0.3 is 15.4 Å². The minimum Gasteiger partial charge on any atom is -0.372 e. The Hall–Kier alpha value is -3.02. The van der Waals surface area contributed by atoms with Crippen LogP contribution in [-0.2, 0) is 15.7 Å². The highest BCUT2D eigenvalue weighted by Crippen LogP contribution is 2.30. The van der Waals surface area contributed by atoms with Gasteiger partial charge in [-0.25, -0.2) is 9.59 Å². The van der Waals surface area contributed by atoms with Crippen molar-refractivity contribution in [2.75, 3.05) is 11.9 Å². The number of nitrogens with zero attached hydrogens (tertiary/aromatic N) is 1. The van der Waals surface area contributed by atoms with Crippen molar-refractivity contribution in [2.24, 2.45) is 0 Å². The molecule has 1 amide bonds. The summed E-state index contributed by atoms with van der Waals surface area (Å²) >= 11 is 0. The summed E-state index contributed by atoms with van der Waals surface area (Å²) < 4.78 is 42.0. The normalized spacial score (nSPS) is 11.3. The van der Waals surface area contributed by atoms with Crippen molar-refractivity contribution in [3.8, 4) is 6.07 Å². The lowest BCUT2D eigenvalue weighted by Crippen LogP contribution is -2.27. The minimum absolute atomic E-state index is 0.0124. The molecule has 0 aliphatic rings. The topological polar surface area (TPSA) is 91.2 Å². The van der Waals surface area contributed by atoms with E-state index in [1.165, 1.54) is 12.1 Å². The Morgan fingerprint density at radius 3 is 2.65 bits per heavy atom. The van der Waals surface area contributed by atoms with E-state index in [-0.39, 0.29) is 12.2 Å². The van der Waals surface area contributed by atoms with E-state index >= 15 is 0 Å². The highest BCUT2D eigenvalue weighted by atomic mass is 19.4. The number of nitriles is 1. The third-order valence-electron chi connectivity index (χ3n) is 2.42. The molecule has 0 unspecified atom stereocenters. The first-order chi connectivity index (χ1) is 10.8. The molecule has 0 atom stereocenters. The zero-order valence-corrected chi connectivity index (χ0v) is 11.9. The van der Waals surface area contributed by atoms with Crippen LogP contribution < -0.4 is 10.6 Å². The summed E-state index contributed by atoms with van der Waals surface area (Å²) in [5.41, 5.74) is -1.45. The van der Waals surface area contributed by atoms with Crippen molar-refractivity contribution < 1.29 is 27.5 Å². The molecule has 0 aromatic heterocycles. The second-order valence-corrected chi connectivity index (χ2v) is 4.10. The third kappa shape index (κ3) is 5.70. The van der Waals surface area contributed by atoms with E-state index in [0.29, 0.717) is 0 Å². The van der Waals surface area contributed by atoms with Crippen LogP contribution in [0.1, 0.15) is 12.5 Å². The van der Waals surface area contributed by atoms with E-state index < -0.39 is 29.4 Å². The smallest absolute Gasteiger partial charge is 0.372 e. The molecule has 6 nitrogen and oxygen atoms in total. The molecule has 23 heavy (non-hydrogen) atoms. The van der Waals surface area contributed by atoms with E-state index in [4.69, 9.17) is 5.26 Å². The van der Waals surface area contributed by atoms with Crippen LogP contribution in [0.25, 0.3) is 0 Å². The molecule has 1 rings (SSSR count). The molecule has 0 saturated heterocycles. The molecule has 0 aliphatic heterocycles. The van der Waals surface area contributed by atoms with Crippen LogP contribution in [0.15, 0.2) is 36.0 Å². The van der Waals surface area contributed by atoms with Gasteiger partial charge in [0.05, 0.1) is 5.56 Å². The van der Waals surface area contributed by atoms with Gasteiger partial charge >= 0.3 is 18.2 Å². The quantitative estimate of drug-likeness (QED) is 0.384. The van der Waals surface area contributed by atoms with Crippen molar-refractivity contribution in [1.82, 2.24) is 5.32 Å². The number of carbonyl (C=O) groups is 2. The van der Waals surface area contributed by atoms with Gasteiger partial charge in [-0.3, -0.25) is 0 Å². The number of hydrogen-bond acceptors (Lipinski definition) is 5. The molecule has 2 N–H and O–H groups in total. The highest BCUT2D eigenvalue weighted by molar-refractivity contribution is 5.99. The molecule has 1 aromatic carbocycles. The zero-order valence-electron chi connectivity index (χ0n) is 11.9. The van der Waals surface area contributed by atoms with Crippen molar-refractivity contribution in [1.29, 1.82) is 5.26 Å². The average Bonchev–Trinajstić information content (AvgIpc) is 2.47. The Morgan fingerprint density at radius 1 is 1.39 bits per heavy atom. The van der Waals surface area contributed by atoms with Crippen LogP contribution in [0.4, 0.5) is 23.7 Å². The van der Waals surface area contributed by atoms with E-state index in [9.17, 15) is 22.8 Å². The number of alkyl carbamates (subject to hydrolysis) is 1. The zero-order chi connectivity index (χ0) is 17.5. The third-order valence-corrected chi connectivity index (χ3v) is 2.42. The Bertz CT molecular complexity index is 663. The number of esters is 1. The van der Waals surface area contributed by atoms with Crippen LogP contribution in [0, 0.1) is 11.3 Å². The summed E-state index contributed by atoms with van der Waals surface area (Å²) in [6.45, 7) is 1.82. The molecule has 0 fully saturated rings. The molecule has 9 heteroatoms. The summed E-state index contributed by atoms with van der Waals surface area (Å²) in [6.07, 6.45) is -4.69.